The third-order valence-electron chi connectivity index (χ3n) is 3.69. The van der Waals surface area contributed by atoms with Crippen molar-refractivity contribution in [1.82, 2.24) is 4.90 Å². The van der Waals surface area contributed by atoms with E-state index in [0.717, 1.165) is 6.07 Å². The van der Waals surface area contributed by atoms with Gasteiger partial charge in [0.05, 0.1) is 11.5 Å². The van der Waals surface area contributed by atoms with E-state index in [2.05, 4.69) is 5.32 Å². The average molecular weight is 291 g/mol. The Balaban J connectivity index is 2.09. The second-order valence-electron chi connectivity index (χ2n) is 4.91. The van der Waals surface area contributed by atoms with E-state index in [0.29, 0.717) is 18.7 Å². The average Bonchev–Trinajstić information content (AvgIpc) is 2.83. The van der Waals surface area contributed by atoms with E-state index in [1.54, 1.807) is 13.0 Å². The molecule has 7 heteroatoms. The van der Waals surface area contributed by atoms with Crippen LogP contribution in [0.3, 0.4) is 0 Å². The largest absolute Gasteiger partial charge is 0.465 e. The van der Waals surface area contributed by atoms with Crippen molar-refractivity contribution in [3.8, 4) is 6.07 Å². The lowest BCUT2D eigenvalue weighted by Gasteiger charge is -2.21. The zero-order chi connectivity index (χ0) is 15.6. The predicted octanol–water partition coefficient (Wildman–Crippen LogP) is 2.02. The number of anilines is 1. The van der Waals surface area contributed by atoms with Gasteiger partial charge in [-0.2, -0.15) is 5.26 Å². The fourth-order valence-corrected chi connectivity index (χ4v) is 2.48. The number of hydrogen-bond donors (Lipinski definition) is 2. The molecule has 1 fully saturated rings. The van der Waals surface area contributed by atoms with Crippen molar-refractivity contribution in [2.45, 2.75) is 19.4 Å². The van der Waals surface area contributed by atoms with Crippen LogP contribution in [0.1, 0.15) is 18.9 Å². The summed E-state index contributed by atoms with van der Waals surface area (Å²) >= 11 is 0. The minimum Gasteiger partial charge on any atom is -0.465 e. The second-order valence-corrected chi connectivity index (χ2v) is 4.91. The Hall–Kier alpha value is -2.62. The van der Waals surface area contributed by atoms with Gasteiger partial charge in [0.15, 0.2) is 0 Å². The summed E-state index contributed by atoms with van der Waals surface area (Å²) in [4.78, 5) is 24.4. The number of rotatable bonds is 2. The molecule has 2 rings (SSSR count). The summed E-state index contributed by atoms with van der Waals surface area (Å²) in [7, 11) is 0. The first-order valence-corrected chi connectivity index (χ1v) is 6.44. The molecule has 1 aliphatic heterocycles. The third-order valence-corrected chi connectivity index (χ3v) is 3.69. The SMILES string of the molecule is C[C@H]1[C@@H](C(=O)Nc2ccc(F)c(C#N)c2)CCN1C(=O)O. The Bertz CT molecular complexity index is 626. The van der Waals surface area contributed by atoms with E-state index < -0.39 is 23.9 Å². The maximum Gasteiger partial charge on any atom is 0.407 e. The molecule has 0 radical (unpaired) electrons. The van der Waals surface area contributed by atoms with Gasteiger partial charge < -0.3 is 15.3 Å². The van der Waals surface area contributed by atoms with Gasteiger partial charge in [0.1, 0.15) is 11.9 Å². The number of carbonyl (C=O) groups is 2. The van der Waals surface area contributed by atoms with Gasteiger partial charge in [-0.3, -0.25) is 4.79 Å². The van der Waals surface area contributed by atoms with Gasteiger partial charge >= 0.3 is 6.09 Å². The van der Waals surface area contributed by atoms with Gasteiger partial charge in [0.25, 0.3) is 0 Å². The number of carbonyl (C=O) groups excluding carboxylic acids is 1. The summed E-state index contributed by atoms with van der Waals surface area (Å²) < 4.78 is 13.2. The van der Waals surface area contributed by atoms with Gasteiger partial charge in [0, 0.05) is 18.3 Å². The van der Waals surface area contributed by atoms with Crippen LogP contribution >= 0.6 is 0 Å². The van der Waals surface area contributed by atoms with Crippen molar-refractivity contribution >= 4 is 17.7 Å². The molecule has 0 aliphatic carbocycles. The number of nitrogens with one attached hydrogen (secondary N) is 1. The number of nitrogens with zero attached hydrogens (tertiary/aromatic N) is 2. The minimum absolute atomic E-state index is 0.153. The first-order valence-electron chi connectivity index (χ1n) is 6.44. The van der Waals surface area contributed by atoms with E-state index in [1.165, 1.54) is 17.0 Å². The summed E-state index contributed by atoms with van der Waals surface area (Å²) in [6.45, 7) is 1.98. The molecule has 21 heavy (non-hydrogen) atoms. The van der Waals surface area contributed by atoms with Gasteiger partial charge in [-0.15, -0.1) is 0 Å². The summed E-state index contributed by atoms with van der Waals surface area (Å²) in [5.74, 6) is -1.44. The fourth-order valence-electron chi connectivity index (χ4n) is 2.48. The van der Waals surface area contributed by atoms with Crippen LogP contribution in [0.4, 0.5) is 14.9 Å². The zero-order valence-corrected chi connectivity index (χ0v) is 11.3. The van der Waals surface area contributed by atoms with E-state index in [1.807, 2.05) is 0 Å². The molecule has 1 aromatic carbocycles. The molecule has 1 aromatic rings. The van der Waals surface area contributed by atoms with Crippen molar-refractivity contribution in [3.05, 3.63) is 29.6 Å². The lowest BCUT2D eigenvalue weighted by atomic mass is 10.0. The van der Waals surface area contributed by atoms with Crippen LogP contribution in [0.2, 0.25) is 0 Å². The van der Waals surface area contributed by atoms with Crippen LogP contribution in [0.25, 0.3) is 0 Å². The van der Waals surface area contributed by atoms with Crippen molar-refractivity contribution in [3.63, 3.8) is 0 Å². The van der Waals surface area contributed by atoms with Crippen LogP contribution in [0.15, 0.2) is 18.2 Å². The van der Waals surface area contributed by atoms with Crippen molar-refractivity contribution in [1.29, 1.82) is 5.26 Å². The predicted molar refractivity (Wildman–Crippen MR) is 72.0 cm³/mol. The lowest BCUT2D eigenvalue weighted by molar-refractivity contribution is -0.120. The molecule has 110 valence electrons. The Kier molecular flexibility index (Phi) is 4.08. The summed E-state index contributed by atoms with van der Waals surface area (Å²) in [6.07, 6.45) is -0.614. The minimum atomic E-state index is -1.05. The molecule has 1 aliphatic rings. The third kappa shape index (κ3) is 2.94. The topological polar surface area (TPSA) is 93.4 Å². The number of carboxylic acid groups (broad SMARTS) is 1. The number of amides is 2. The Labute approximate surface area is 120 Å². The molecule has 0 saturated carbocycles. The summed E-state index contributed by atoms with van der Waals surface area (Å²) in [5.41, 5.74) is 0.165. The maximum atomic E-state index is 13.2. The number of likely N-dealkylation sites (tertiary alicyclic amines) is 1. The van der Waals surface area contributed by atoms with Gasteiger partial charge in [-0.05, 0) is 31.5 Å². The highest BCUT2D eigenvalue weighted by molar-refractivity contribution is 5.93. The Morgan fingerprint density at radius 2 is 2.24 bits per heavy atom. The number of nitriles is 1. The Morgan fingerprint density at radius 3 is 2.81 bits per heavy atom. The van der Waals surface area contributed by atoms with Crippen LogP contribution in [0.5, 0.6) is 0 Å². The molecule has 2 N–H and O–H groups in total. The number of benzene rings is 1. The normalized spacial score (nSPS) is 20.9. The molecule has 0 unspecified atom stereocenters. The first kappa shape index (κ1) is 14.8. The molecule has 6 nitrogen and oxygen atoms in total. The molecular formula is C14H14FN3O3. The summed E-state index contributed by atoms with van der Waals surface area (Å²) in [5, 5.41) is 20.3. The van der Waals surface area contributed by atoms with E-state index in [-0.39, 0.29) is 11.5 Å². The molecular weight excluding hydrogens is 277 g/mol. The quantitative estimate of drug-likeness (QED) is 0.871. The van der Waals surface area contributed by atoms with Gasteiger partial charge in [-0.1, -0.05) is 0 Å². The molecule has 1 heterocycles. The fraction of sp³-hybridized carbons (Fsp3) is 0.357. The van der Waals surface area contributed by atoms with Crippen LogP contribution in [-0.4, -0.2) is 34.6 Å². The smallest absolute Gasteiger partial charge is 0.407 e. The molecule has 0 bridgehead atoms. The lowest BCUT2D eigenvalue weighted by Crippen LogP contribution is -2.38. The second kappa shape index (κ2) is 5.79. The monoisotopic (exact) mass is 291 g/mol. The molecule has 0 spiro atoms. The Morgan fingerprint density at radius 1 is 1.52 bits per heavy atom. The highest BCUT2D eigenvalue weighted by atomic mass is 19.1. The van der Waals surface area contributed by atoms with Crippen LogP contribution in [0, 0.1) is 23.1 Å². The van der Waals surface area contributed by atoms with Crippen molar-refractivity contribution < 1.29 is 19.1 Å². The van der Waals surface area contributed by atoms with Crippen molar-refractivity contribution in [2.75, 3.05) is 11.9 Å². The number of halogens is 1. The van der Waals surface area contributed by atoms with Gasteiger partial charge in [-0.25, -0.2) is 9.18 Å². The number of hydrogen-bond acceptors (Lipinski definition) is 3. The van der Waals surface area contributed by atoms with Gasteiger partial charge in [0.2, 0.25) is 5.91 Å². The van der Waals surface area contributed by atoms with Crippen LogP contribution in [-0.2, 0) is 4.79 Å². The maximum absolute atomic E-state index is 13.2. The zero-order valence-electron chi connectivity index (χ0n) is 11.3. The van der Waals surface area contributed by atoms with E-state index in [9.17, 15) is 14.0 Å². The van der Waals surface area contributed by atoms with Crippen LogP contribution < -0.4 is 5.32 Å². The molecule has 1 saturated heterocycles. The van der Waals surface area contributed by atoms with E-state index >= 15 is 0 Å². The standard InChI is InChI=1S/C14H14FN3O3/c1-8-11(4-5-18(8)14(20)21)13(19)17-10-2-3-12(15)9(6-10)7-16/h2-3,6,8,11H,4-5H2,1H3,(H,17,19)(H,20,21)/t8-,11-/m0/s1. The van der Waals surface area contributed by atoms with E-state index in [4.69, 9.17) is 10.4 Å². The summed E-state index contributed by atoms with van der Waals surface area (Å²) in [6, 6.07) is 5.00. The highest BCUT2D eigenvalue weighted by Gasteiger charge is 2.38. The molecule has 2 atom stereocenters. The van der Waals surface area contributed by atoms with Crippen molar-refractivity contribution in [2.24, 2.45) is 5.92 Å². The molecule has 0 aromatic heterocycles. The first-order chi connectivity index (χ1) is 9.93. The highest BCUT2D eigenvalue weighted by Crippen LogP contribution is 2.26. The molecule has 2 amide bonds.